The molecule has 1 amide bonds. The number of rotatable bonds is 7. The van der Waals surface area contributed by atoms with Crippen LogP contribution < -0.4 is 10.6 Å². The smallest absolute Gasteiger partial charge is 0.320 e. The number of benzene rings is 2. The fraction of sp³-hybridized carbons (Fsp3) is 0.333. The van der Waals surface area contributed by atoms with Crippen molar-refractivity contribution in [2.45, 2.75) is 38.5 Å². The van der Waals surface area contributed by atoms with E-state index in [2.05, 4.69) is 20.8 Å². The van der Waals surface area contributed by atoms with Crippen LogP contribution >= 0.6 is 0 Å². The van der Waals surface area contributed by atoms with E-state index < -0.39 is 23.5 Å². The van der Waals surface area contributed by atoms with Gasteiger partial charge in [0.05, 0.1) is 5.92 Å². The lowest BCUT2D eigenvalue weighted by molar-refractivity contribution is -0.143. The van der Waals surface area contributed by atoms with Crippen molar-refractivity contribution in [1.82, 2.24) is 10.2 Å². The molecule has 3 N–H and O–H groups in total. The van der Waals surface area contributed by atoms with Gasteiger partial charge in [0.2, 0.25) is 0 Å². The van der Waals surface area contributed by atoms with E-state index >= 15 is 0 Å². The molecule has 1 aliphatic carbocycles. The van der Waals surface area contributed by atoms with Gasteiger partial charge in [0.25, 0.3) is 0 Å². The summed E-state index contributed by atoms with van der Waals surface area (Å²) < 4.78 is 31.6. The van der Waals surface area contributed by atoms with Gasteiger partial charge in [-0.3, -0.25) is 9.59 Å². The number of hydrogen-bond acceptors (Lipinski definition) is 6. The number of nitrogens with zero attached hydrogens (tertiary/aromatic N) is 2. The highest BCUT2D eigenvalue weighted by molar-refractivity contribution is 6.00. The minimum absolute atomic E-state index is 0.140. The van der Waals surface area contributed by atoms with Gasteiger partial charge in [-0.2, -0.15) is 0 Å². The molecule has 1 saturated carbocycles. The minimum Gasteiger partial charge on any atom is -0.481 e. The molecule has 1 atom stereocenters. The second-order valence-corrected chi connectivity index (χ2v) is 8.48. The third kappa shape index (κ3) is 5.38. The quantitative estimate of drug-likeness (QED) is 0.427. The third-order valence-corrected chi connectivity index (χ3v) is 6.30. The zero-order valence-electron chi connectivity index (χ0n) is 18.4. The van der Waals surface area contributed by atoms with Gasteiger partial charge in [-0.15, -0.1) is 5.10 Å². The Kier molecular flexibility index (Phi) is 6.85. The predicted octanol–water partition coefficient (Wildman–Crippen LogP) is 5.34. The van der Waals surface area contributed by atoms with Crippen LogP contribution in [-0.4, -0.2) is 27.2 Å². The van der Waals surface area contributed by atoms with Crippen molar-refractivity contribution < 1.29 is 27.9 Å². The van der Waals surface area contributed by atoms with Crippen molar-refractivity contribution in [2.75, 3.05) is 10.6 Å². The molecule has 1 unspecified atom stereocenters. The first-order chi connectivity index (χ1) is 16.3. The molecule has 1 fully saturated rings. The molecule has 1 aliphatic rings. The molecule has 8 nitrogen and oxygen atoms in total. The molecule has 2 aromatic carbocycles. The van der Waals surface area contributed by atoms with Crippen LogP contribution in [0.2, 0.25) is 0 Å². The summed E-state index contributed by atoms with van der Waals surface area (Å²) in [6.07, 6.45) is 3.64. The molecular formula is C24H24F2N4O4. The molecular weight excluding hydrogens is 446 g/mol. The molecule has 1 aromatic heterocycles. The molecule has 0 bridgehead atoms. The second kappa shape index (κ2) is 9.98. The van der Waals surface area contributed by atoms with Crippen LogP contribution in [0.15, 0.2) is 46.9 Å². The molecule has 0 aliphatic heterocycles. The normalized spacial score (nSPS) is 18.8. The number of aliphatic carboxylic acids is 1. The first-order valence-corrected chi connectivity index (χ1v) is 11.0. The van der Waals surface area contributed by atoms with E-state index in [0.717, 1.165) is 43.4 Å². The number of nitrogens with one attached hydrogen (secondary N) is 2. The zero-order chi connectivity index (χ0) is 24.2. The number of amides is 1. The summed E-state index contributed by atoms with van der Waals surface area (Å²) in [7, 11) is 0. The number of aromatic nitrogens is 2. The topological polar surface area (TPSA) is 117 Å². The Labute approximate surface area is 194 Å². The molecule has 34 heavy (non-hydrogen) atoms. The van der Waals surface area contributed by atoms with E-state index in [1.807, 2.05) is 12.1 Å². The monoisotopic (exact) mass is 470 g/mol. The summed E-state index contributed by atoms with van der Waals surface area (Å²) >= 11 is 0. The summed E-state index contributed by atoms with van der Waals surface area (Å²) in [6, 6.07) is 10.5. The average Bonchev–Trinajstić information content (AvgIpc) is 3.30. The van der Waals surface area contributed by atoms with Crippen LogP contribution in [-0.2, 0) is 4.79 Å². The molecule has 3 aromatic rings. The maximum Gasteiger partial charge on any atom is 0.320 e. The van der Waals surface area contributed by atoms with E-state index in [4.69, 9.17) is 4.42 Å². The van der Waals surface area contributed by atoms with Gasteiger partial charge in [0, 0.05) is 17.4 Å². The first kappa shape index (κ1) is 23.3. The fourth-order valence-corrected chi connectivity index (χ4v) is 4.24. The number of carbonyl (C=O) groups excluding carboxylic acids is 1. The Bertz CT molecular complexity index is 1170. The Morgan fingerprint density at radius 1 is 1.00 bits per heavy atom. The van der Waals surface area contributed by atoms with Crippen LogP contribution in [0.1, 0.15) is 54.8 Å². The molecule has 0 radical (unpaired) electrons. The Hall–Kier alpha value is -3.82. The van der Waals surface area contributed by atoms with Gasteiger partial charge in [-0.25, -0.2) is 8.78 Å². The third-order valence-electron chi connectivity index (χ3n) is 6.30. The van der Waals surface area contributed by atoms with E-state index in [1.54, 1.807) is 19.1 Å². The van der Waals surface area contributed by atoms with E-state index in [-0.39, 0.29) is 29.4 Å². The predicted molar refractivity (Wildman–Crippen MR) is 120 cm³/mol. The Morgan fingerprint density at radius 2 is 1.68 bits per heavy atom. The minimum atomic E-state index is -1.03. The molecule has 0 spiro atoms. The summed E-state index contributed by atoms with van der Waals surface area (Å²) in [6.45, 7) is 1.77. The molecule has 4 rings (SSSR count). The van der Waals surface area contributed by atoms with E-state index in [9.17, 15) is 23.5 Å². The number of hydrogen-bond donors (Lipinski definition) is 3. The number of anilines is 3. The number of halogens is 2. The largest absolute Gasteiger partial charge is 0.481 e. The van der Waals surface area contributed by atoms with Gasteiger partial charge in [0.15, 0.2) is 11.6 Å². The Morgan fingerprint density at radius 3 is 2.32 bits per heavy atom. The van der Waals surface area contributed by atoms with Crippen LogP contribution in [0.5, 0.6) is 0 Å². The number of carbonyl (C=O) groups is 2. The van der Waals surface area contributed by atoms with Gasteiger partial charge >= 0.3 is 23.8 Å². The lowest BCUT2D eigenvalue weighted by Crippen LogP contribution is -2.24. The molecule has 10 heteroatoms. The lowest BCUT2D eigenvalue weighted by Gasteiger charge is -2.31. The van der Waals surface area contributed by atoms with Crippen molar-refractivity contribution in [3.63, 3.8) is 0 Å². The van der Waals surface area contributed by atoms with Crippen LogP contribution in [0, 0.1) is 23.5 Å². The van der Waals surface area contributed by atoms with Crippen molar-refractivity contribution in [1.29, 1.82) is 0 Å². The highest BCUT2D eigenvalue weighted by atomic mass is 19.2. The van der Waals surface area contributed by atoms with Crippen LogP contribution in [0.25, 0.3) is 0 Å². The van der Waals surface area contributed by atoms with Gasteiger partial charge in [-0.05, 0) is 67.3 Å². The maximum atomic E-state index is 13.3. The number of carboxylic acids is 1. The van der Waals surface area contributed by atoms with E-state index in [1.165, 1.54) is 6.07 Å². The van der Waals surface area contributed by atoms with Crippen molar-refractivity contribution in [3.8, 4) is 0 Å². The average molecular weight is 470 g/mol. The van der Waals surface area contributed by atoms with Crippen molar-refractivity contribution in [3.05, 3.63) is 65.6 Å². The van der Waals surface area contributed by atoms with Crippen molar-refractivity contribution >= 4 is 29.3 Å². The standard InChI is InChI=1S/C24H24F2N4O4/c1-13(23(32)33)14-2-4-15(5-3-14)16-6-8-17(9-7-16)27-21(31)22-29-30-24(34-22)28-18-10-11-19(25)20(26)12-18/h6-15H,2-5H2,1H3,(H,27,31)(H,28,30)(H,32,33). The summed E-state index contributed by atoms with van der Waals surface area (Å²) in [5.41, 5.74) is 1.89. The van der Waals surface area contributed by atoms with Gasteiger partial charge in [0.1, 0.15) is 0 Å². The fourth-order valence-electron chi connectivity index (χ4n) is 4.24. The first-order valence-electron chi connectivity index (χ1n) is 11.0. The van der Waals surface area contributed by atoms with Gasteiger partial charge < -0.3 is 20.2 Å². The van der Waals surface area contributed by atoms with Crippen LogP contribution in [0.4, 0.5) is 26.2 Å². The second-order valence-electron chi connectivity index (χ2n) is 8.48. The molecule has 1 heterocycles. The summed E-state index contributed by atoms with van der Waals surface area (Å²) in [4.78, 5) is 23.6. The zero-order valence-corrected chi connectivity index (χ0v) is 18.4. The Balaban J connectivity index is 1.32. The summed E-state index contributed by atoms with van der Waals surface area (Å²) in [5, 5.41) is 21.9. The van der Waals surface area contributed by atoms with Crippen molar-refractivity contribution in [2.24, 2.45) is 11.8 Å². The van der Waals surface area contributed by atoms with E-state index in [0.29, 0.717) is 11.6 Å². The SMILES string of the molecule is CC(C(=O)O)C1CCC(c2ccc(NC(=O)c3nnc(Nc4ccc(F)c(F)c4)o3)cc2)CC1. The lowest BCUT2D eigenvalue weighted by atomic mass is 9.74. The van der Waals surface area contributed by atoms with Gasteiger partial charge in [-0.1, -0.05) is 24.2 Å². The number of carboxylic acid groups (broad SMARTS) is 1. The maximum absolute atomic E-state index is 13.3. The molecule has 0 saturated heterocycles. The highest BCUT2D eigenvalue weighted by Gasteiger charge is 2.29. The van der Waals surface area contributed by atoms with Crippen LogP contribution in [0.3, 0.4) is 0 Å². The summed E-state index contributed by atoms with van der Waals surface area (Å²) in [5.74, 6) is -3.41. The molecule has 178 valence electrons. The highest BCUT2D eigenvalue weighted by Crippen LogP contribution is 2.39.